The van der Waals surface area contributed by atoms with Crippen molar-refractivity contribution in [3.8, 4) is 0 Å². The molecule has 11 heavy (non-hydrogen) atoms. The lowest BCUT2D eigenvalue weighted by Gasteiger charge is -2.21. The van der Waals surface area contributed by atoms with E-state index in [0.29, 0.717) is 0 Å². The molecule has 0 aromatic heterocycles. The van der Waals surface area contributed by atoms with Crippen molar-refractivity contribution in [2.45, 2.75) is 18.3 Å². The highest BCUT2D eigenvalue weighted by atomic mass is 32.3. The predicted octanol–water partition coefficient (Wildman–Crippen LogP) is -0.166. The van der Waals surface area contributed by atoms with Gasteiger partial charge in [0.05, 0.1) is 6.61 Å². The van der Waals surface area contributed by atoms with Crippen molar-refractivity contribution in [1.29, 1.82) is 0 Å². The molecule has 2 N–H and O–H groups in total. The zero-order chi connectivity index (χ0) is 9.12. The first-order valence-corrected chi connectivity index (χ1v) is 4.65. The minimum atomic E-state index is -4.54. The Morgan fingerprint density at radius 1 is 1.64 bits per heavy atom. The summed E-state index contributed by atoms with van der Waals surface area (Å²) in [7, 11) is -4.54. The van der Waals surface area contributed by atoms with Crippen LogP contribution < -0.4 is 0 Å². The third kappa shape index (κ3) is 4.59. The number of hydrogen-bond donors (Lipinski definition) is 3. The number of rotatable bonds is 4. The fourth-order valence-electron chi connectivity index (χ4n) is 0.393. The standard InChI is InChI=1S/C4H10O5S2/c1-2-4(10,3-5)9-11(6,7)8/h5,10H,2-3H2,1H3,(H,6,7,8). The average molecular weight is 202 g/mol. The van der Waals surface area contributed by atoms with Gasteiger partial charge in [-0.2, -0.15) is 8.42 Å². The Labute approximate surface area is 70.7 Å². The van der Waals surface area contributed by atoms with Gasteiger partial charge in [-0.1, -0.05) is 6.92 Å². The number of aliphatic hydroxyl groups is 1. The van der Waals surface area contributed by atoms with Gasteiger partial charge in [-0.3, -0.25) is 4.55 Å². The number of thiol groups is 1. The van der Waals surface area contributed by atoms with Crippen molar-refractivity contribution in [3.63, 3.8) is 0 Å². The molecule has 1 atom stereocenters. The molecule has 5 nitrogen and oxygen atoms in total. The lowest BCUT2D eigenvalue weighted by atomic mass is 10.3. The summed E-state index contributed by atoms with van der Waals surface area (Å²) in [6.45, 7) is 0.973. The van der Waals surface area contributed by atoms with Crippen LogP contribution in [0.25, 0.3) is 0 Å². The summed E-state index contributed by atoms with van der Waals surface area (Å²) >= 11 is 3.70. The summed E-state index contributed by atoms with van der Waals surface area (Å²) < 4.78 is 32.5. The Morgan fingerprint density at radius 3 is 2.18 bits per heavy atom. The predicted molar refractivity (Wildman–Crippen MR) is 41.7 cm³/mol. The summed E-state index contributed by atoms with van der Waals surface area (Å²) in [5, 5.41) is 8.57. The van der Waals surface area contributed by atoms with Gasteiger partial charge in [0.2, 0.25) is 0 Å². The van der Waals surface area contributed by atoms with Crippen LogP contribution >= 0.6 is 12.6 Å². The van der Waals surface area contributed by atoms with Crippen LogP contribution in [0.15, 0.2) is 0 Å². The topological polar surface area (TPSA) is 83.8 Å². The molecule has 0 aliphatic rings. The number of aliphatic hydroxyl groups excluding tert-OH is 1. The first-order valence-electron chi connectivity index (χ1n) is 2.84. The molecule has 0 amide bonds. The quantitative estimate of drug-likeness (QED) is 0.335. The van der Waals surface area contributed by atoms with Gasteiger partial charge in [0.15, 0.2) is 4.93 Å². The van der Waals surface area contributed by atoms with E-state index in [1.807, 2.05) is 0 Å². The lowest BCUT2D eigenvalue weighted by Crippen LogP contribution is -2.32. The zero-order valence-corrected chi connectivity index (χ0v) is 7.60. The largest absolute Gasteiger partial charge is 0.398 e. The molecule has 0 saturated carbocycles. The molecule has 0 fully saturated rings. The van der Waals surface area contributed by atoms with Gasteiger partial charge in [-0.25, -0.2) is 4.18 Å². The maximum atomic E-state index is 10.1. The minimum absolute atomic E-state index is 0.159. The second-order valence-corrected chi connectivity index (χ2v) is 3.81. The van der Waals surface area contributed by atoms with Crippen LogP contribution in [0.5, 0.6) is 0 Å². The molecule has 0 rings (SSSR count). The fraction of sp³-hybridized carbons (Fsp3) is 1.00. The van der Waals surface area contributed by atoms with E-state index in [1.165, 1.54) is 0 Å². The van der Waals surface area contributed by atoms with Crippen LogP contribution in [0.2, 0.25) is 0 Å². The molecule has 0 aliphatic carbocycles. The molecular weight excluding hydrogens is 192 g/mol. The van der Waals surface area contributed by atoms with Gasteiger partial charge in [-0.15, -0.1) is 12.6 Å². The van der Waals surface area contributed by atoms with Gasteiger partial charge in [-0.05, 0) is 6.42 Å². The second kappa shape index (κ2) is 3.72. The molecule has 0 aliphatic heterocycles. The molecule has 0 aromatic rings. The van der Waals surface area contributed by atoms with Crippen LogP contribution in [0.3, 0.4) is 0 Å². The lowest BCUT2D eigenvalue weighted by molar-refractivity contribution is 0.0791. The molecular formula is C4H10O5S2. The maximum absolute atomic E-state index is 10.1. The van der Waals surface area contributed by atoms with Gasteiger partial charge in [0.1, 0.15) is 0 Å². The summed E-state index contributed by atoms with van der Waals surface area (Å²) in [5.41, 5.74) is 0. The van der Waals surface area contributed by atoms with E-state index in [4.69, 9.17) is 9.66 Å². The van der Waals surface area contributed by atoms with Crippen molar-refractivity contribution in [2.75, 3.05) is 6.61 Å². The smallest absolute Gasteiger partial charge is 0.392 e. The second-order valence-electron chi connectivity index (χ2n) is 1.97. The molecule has 0 radical (unpaired) electrons. The first-order chi connectivity index (χ1) is 4.83. The molecule has 68 valence electrons. The van der Waals surface area contributed by atoms with E-state index in [1.54, 1.807) is 6.92 Å². The monoisotopic (exact) mass is 202 g/mol. The summed E-state index contributed by atoms with van der Waals surface area (Å²) in [4.78, 5) is -1.52. The van der Waals surface area contributed by atoms with E-state index in [-0.39, 0.29) is 6.42 Å². The van der Waals surface area contributed by atoms with Crippen LogP contribution in [0.1, 0.15) is 13.3 Å². The Morgan fingerprint density at radius 2 is 2.09 bits per heavy atom. The normalized spacial score (nSPS) is 17.8. The van der Waals surface area contributed by atoms with Crippen LogP contribution in [0, 0.1) is 0 Å². The molecule has 1 unspecified atom stereocenters. The highest BCUT2D eigenvalue weighted by molar-refractivity contribution is 7.84. The van der Waals surface area contributed by atoms with Crippen molar-refractivity contribution < 1.29 is 22.3 Å². The Balaban J connectivity index is 4.32. The van der Waals surface area contributed by atoms with Crippen molar-refractivity contribution in [1.82, 2.24) is 0 Å². The molecule has 0 spiro atoms. The van der Waals surface area contributed by atoms with E-state index < -0.39 is 21.9 Å². The van der Waals surface area contributed by atoms with Gasteiger partial charge >= 0.3 is 10.4 Å². The van der Waals surface area contributed by atoms with E-state index in [0.717, 1.165) is 0 Å². The minimum Gasteiger partial charge on any atom is -0.392 e. The Hall–Kier alpha value is 0.180. The van der Waals surface area contributed by atoms with Crippen molar-refractivity contribution in [2.24, 2.45) is 0 Å². The third-order valence-electron chi connectivity index (χ3n) is 1.06. The van der Waals surface area contributed by atoms with E-state index in [9.17, 15) is 8.42 Å². The van der Waals surface area contributed by atoms with Crippen molar-refractivity contribution in [3.05, 3.63) is 0 Å². The van der Waals surface area contributed by atoms with Gasteiger partial charge in [0, 0.05) is 0 Å². The fourth-order valence-corrected chi connectivity index (χ4v) is 1.24. The maximum Gasteiger partial charge on any atom is 0.398 e. The van der Waals surface area contributed by atoms with Crippen molar-refractivity contribution >= 4 is 23.0 Å². The Bertz CT molecular complexity index is 205. The molecule has 0 aromatic carbocycles. The Kier molecular flexibility index (Phi) is 3.78. The van der Waals surface area contributed by atoms with E-state index >= 15 is 0 Å². The SMILES string of the molecule is CCC(S)(CO)OS(=O)(=O)O. The summed E-state index contributed by atoms with van der Waals surface area (Å²) in [6.07, 6.45) is 0.159. The van der Waals surface area contributed by atoms with Crippen LogP contribution in [-0.2, 0) is 14.6 Å². The van der Waals surface area contributed by atoms with Crippen LogP contribution in [-0.4, -0.2) is 29.6 Å². The van der Waals surface area contributed by atoms with Crippen LogP contribution in [0.4, 0.5) is 0 Å². The average Bonchev–Trinajstić information content (AvgIpc) is 1.84. The number of hydrogen-bond acceptors (Lipinski definition) is 5. The van der Waals surface area contributed by atoms with E-state index in [2.05, 4.69) is 16.8 Å². The van der Waals surface area contributed by atoms with Gasteiger partial charge in [0.25, 0.3) is 0 Å². The molecule has 0 heterocycles. The summed E-state index contributed by atoms with van der Waals surface area (Å²) in [6, 6.07) is 0. The molecule has 7 heteroatoms. The highest BCUT2D eigenvalue weighted by Crippen LogP contribution is 2.21. The summed E-state index contributed by atoms with van der Waals surface area (Å²) in [5.74, 6) is 0. The zero-order valence-electron chi connectivity index (χ0n) is 5.89. The highest BCUT2D eigenvalue weighted by Gasteiger charge is 2.29. The third-order valence-corrected chi connectivity index (χ3v) is 2.26. The molecule has 0 bridgehead atoms. The first kappa shape index (κ1) is 11.2. The molecule has 0 saturated heterocycles. The van der Waals surface area contributed by atoms with Gasteiger partial charge < -0.3 is 5.11 Å².